The van der Waals surface area contributed by atoms with Gasteiger partial charge in [0, 0.05) is 0 Å². The molecular formula is C14H16Cl2F6P2Pd. The summed E-state index contributed by atoms with van der Waals surface area (Å²) in [7, 11) is -1.17. The molecule has 0 saturated carbocycles. The van der Waals surface area contributed by atoms with Gasteiger partial charge >= 0.3 is 161 Å². The van der Waals surface area contributed by atoms with Crippen molar-refractivity contribution in [2.75, 3.05) is 0 Å². The fourth-order valence-electron chi connectivity index (χ4n) is 1.65. The van der Waals surface area contributed by atoms with Gasteiger partial charge in [-0.05, 0) is 0 Å². The monoisotopic (exact) mass is 536 g/mol. The second-order valence-corrected chi connectivity index (χ2v) is 10.1. The SMILES string of the molecule is F[PH](F)(F)Cc1ccccc1.F[PH](F)(F)Cc1ccccc1.[Cl][Pd][Cl]. The van der Waals surface area contributed by atoms with Gasteiger partial charge in [0.15, 0.2) is 0 Å². The van der Waals surface area contributed by atoms with Crippen LogP contribution in [0.1, 0.15) is 11.1 Å². The van der Waals surface area contributed by atoms with Gasteiger partial charge in [-0.15, -0.1) is 0 Å². The Labute approximate surface area is 160 Å². The fourth-order valence-corrected chi connectivity index (χ4v) is 3.05. The maximum atomic E-state index is 11.9. The zero-order chi connectivity index (χ0) is 19.3. The molecule has 0 unspecified atom stereocenters. The first-order valence-corrected chi connectivity index (χ1v) is 14.3. The molecule has 25 heavy (non-hydrogen) atoms. The Morgan fingerprint density at radius 2 is 0.840 bits per heavy atom. The molecule has 0 saturated heterocycles. The van der Waals surface area contributed by atoms with E-state index in [0.29, 0.717) is 11.1 Å². The molecule has 0 bridgehead atoms. The zero-order valence-electron chi connectivity index (χ0n) is 12.5. The second-order valence-electron chi connectivity index (χ2n) is 4.60. The van der Waals surface area contributed by atoms with Crippen LogP contribution in [-0.2, 0) is 28.3 Å². The molecule has 0 spiro atoms. The topological polar surface area (TPSA) is 0 Å². The van der Waals surface area contributed by atoms with Gasteiger partial charge in [0.05, 0.1) is 0 Å². The molecule has 2 aromatic carbocycles. The van der Waals surface area contributed by atoms with Crippen molar-refractivity contribution >= 4 is 35.4 Å². The van der Waals surface area contributed by atoms with Gasteiger partial charge in [-0.1, -0.05) is 0 Å². The predicted molar refractivity (Wildman–Crippen MR) is 95.3 cm³/mol. The van der Waals surface area contributed by atoms with Crippen molar-refractivity contribution in [3.05, 3.63) is 71.8 Å². The van der Waals surface area contributed by atoms with Gasteiger partial charge in [0.25, 0.3) is 0 Å². The maximum absolute atomic E-state index is 11.9. The number of halogens is 8. The molecule has 0 nitrogen and oxygen atoms in total. The number of hydrogen-bond acceptors (Lipinski definition) is 0. The summed E-state index contributed by atoms with van der Waals surface area (Å²) in [6.07, 6.45) is -1.40. The molecule has 2 rings (SSSR count). The normalized spacial score (nSPS) is 12.3. The van der Waals surface area contributed by atoms with Gasteiger partial charge in [-0.3, -0.25) is 0 Å². The number of rotatable bonds is 4. The minimum atomic E-state index is -5.40. The van der Waals surface area contributed by atoms with Crippen molar-refractivity contribution in [2.24, 2.45) is 0 Å². The summed E-state index contributed by atoms with van der Waals surface area (Å²) in [5.41, 5.74) is 0.735. The van der Waals surface area contributed by atoms with E-state index in [4.69, 9.17) is 19.1 Å². The third kappa shape index (κ3) is 17.3. The molecule has 11 heteroatoms. The Morgan fingerprint density at radius 3 is 1.04 bits per heavy atom. The average molecular weight is 538 g/mol. The third-order valence-corrected chi connectivity index (χ3v) is 4.11. The third-order valence-electron chi connectivity index (χ3n) is 2.49. The van der Waals surface area contributed by atoms with Gasteiger partial charge in [0.2, 0.25) is 0 Å². The van der Waals surface area contributed by atoms with Crippen LogP contribution in [0.2, 0.25) is 0 Å². The van der Waals surface area contributed by atoms with Crippen LogP contribution in [0.4, 0.5) is 25.2 Å². The van der Waals surface area contributed by atoms with Gasteiger partial charge in [-0.2, -0.15) is 0 Å². The molecule has 0 aliphatic heterocycles. The molecule has 0 fully saturated rings. The van der Waals surface area contributed by atoms with E-state index in [9.17, 15) is 25.2 Å². The van der Waals surface area contributed by atoms with Crippen LogP contribution in [0.3, 0.4) is 0 Å². The van der Waals surface area contributed by atoms with E-state index in [-0.39, 0.29) is 15.9 Å². The van der Waals surface area contributed by atoms with Crippen LogP contribution in [-0.4, -0.2) is 0 Å². The summed E-state index contributed by atoms with van der Waals surface area (Å²) in [4.78, 5) is 0. The van der Waals surface area contributed by atoms with Crippen molar-refractivity contribution in [2.45, 2.75) is 12.3 Å². The van der Waals surface area contributed by atoms with E-state index in [0.717, 1.165) is 0 Å². The first-order chi connectivity index (χ1) is 11.6. The average Bonchev–Trinajstić information content (AvgIpc) is 2.47. The quantitative estimate of drug-likeness (QED) is 0.208. The van der Waals surface area contributed by atoms with E-state index in [1.807, 2.05) is 0 Å². The first kappa shape index (κ1) is 25.1. The Kier molecular flexibility index (Phi) is 13.4. The van der Waals surface area contributed by atoms with Crippen LogP contribution < -0.4 is 0 Å². The number of hydrogen-bond donors (Lipinski definition) is 0. The van der Waals surface area contributed by atoms with E-state index >= 15 is 0 Å². The van der Waals surface area contributed by atoms with Crippen molar-refractivity contribution in [3.63, 3.8) is 0 Å². The summed E-state index contributed by atoms with van der Waals surface area (Å²) in [6.45, 7) is 0. The molecule has 0 aromatic heterocycles. The van der Waals surface area contributed by atoms with Crippen molar-refractivity contribution in [1.29, 1.82) is 0 Å². The van der Waals surface area contributed by atoms with E-state index in [1.165, 1.54) is 24.3 Å². The Morgan fingerprint density at radius 1 is 0.600 bits per heavy atom. The molecule has 2 aromatic rings. The second kappa shape index (κ2) is 13.3. The molecule has 0 amide bonds. The molecule has 0 heterocycles. The molecule has 0 N–H and O–H groups in total. The Hall–Kier alpha value is 0.122. The van der Waals surface area contributed by atoms with E-state index in [2.05, 4.69) is 0 Å². The number of benzene rings is 2. The summed E-state index contributed by atoms with van der Waals surface area (Å²) in [6, 6.07) is 15.9. The molecule has 148 valence electrons. The van der Waals surface area contributed by atoms with E-state index < -0.39 is 28.7 Å². The van der Waals surface area contributed by atoms with E-state index in [1.54, 1.807) is 36.4 Å². The van der Waals surface area contributed by atoms with Gasteiger partial charge in [0.1, 0.15) is 0 Å². The molecule has 0 aliphatic carbocycles. The molecular weight excluding hydrogens is 521 g/mol. The molecule has 0 aliphatic rings. The Bertz CT molecular complexity index is 516. The minimum absolute atomic E-state index is 0.106. The van der Waals surface area contributed by atoms with Gasteiger partial charge in [-0.25, -0.2) is 0 Å². The van der Waals surface area contributed by atoms with Crippen LogP contribution in [0, 0.1) is 0 Å². The fraction of sp³-hybridized carbons (Fsp3) is 0.143. The summed E-state index contributed by atoms with van der Waals surface area (Å²) in [5, 5.41) is 0. The zero-order valence-corrected chi connectivity index (χ0v) is 17.6. The first-order valence-electron chi connectivity index (χ1n) is 6.61. The molecule has 0 radical (unpaired) electrons. The predicted octanol–water partition coefficient (Wildman–Crippen LogP) is 8.56. The van der Waals surface area contributed by atoms with Crippen molar-refractivity contribution < 1.29 is 41.1 Å². The van der Waals surface area contributed by atoms with Crippen LogP contribution in [0.15, 0.2) is 60.7 Å². The van der Waals surface area contributed by atoms with Crippen LogP contribution in [0.5, 0.6) is 0 Å². The van der Waals surface area contributed by atoms with Crippen molar-refractivity contribution in [3.8, 4) is 0 Å². The van der Waals surface area contributed by atoms with Crippen LogP contribution in [0.25, 0.3) is 0 Å². The van der Waals surface area contributed by atoms with Crippen LogP contribution >= 0.6 is 35.4 Å². The Balaban J connectivity index is 0.000000399. The summed E-state index contributed by atoms with van der Waals surface area (Å²) in [5.74, 6) is 0. The standard InChI is InChI=1S/2C7H8F3P.2ClH.Pd/c2*8-11(9,10)6-7-4-2-1-3-5-7;;;/h2*1-5,11H,6H2;2*1H;/q;;;;+2/p-2. The van der Waals surface area contributed by atoms with Crippen molar-refractivity contribution in [1.82, 2.24) is 0 Å². The van der Waals surface area contributed by atoms with Gasteiger partial charge < -0.3 is 0 Å². The molecule has 0 atom stereocenters. The summed E-state index contributed by atoms with van der Waals surface area (Å²) < 4.78 is 71.3. The summed E-state index contributed by atoms with van der Waals surface area (Å²) >= 11 is -0.106.